The average molecular weight is 219 g/mol. The Kier molecular flexibility index (Phi) is 2.20. The van der Waals surface area contributed by atoms with Gasteiger partial charge in [-0.2, -0.15) is 0 Å². The molecular weight excluding hydrogens is 202 g/mol. The lowest BCUT2D eigenvalue weighted by atomic mass is 9.85. The fourth-order valence-corrected chi connectivity index (χ4v) is 4.26. The van der Waals surface area contributed by atoms with Gasteiger partial charge in [-0.3, -0.25) is 0 Å². The highest BCUT2D eigenvalue weighted by Gasteiger charge is 2.43. The molecule has 2 unspecified atom stereocenters. The average Bonchev–Trinajstić information content (AvgIpc) is 2.62. The Labute approximate surface area is 95.6 Å². The summed E-state index contributed by atoms with van der Waals surface area (Å²) in [6.45, 7) is 2.39. The van der Waals surface area contributed by atoms with Crippen molar-refractivity contribution in [2.24, 2.45) is 5.92 Å². The minimum absolute atomic E-state index is 0.307. The second-order valence-electron chi connectivity index (χ2n) is 4.76. The van der Waals surface area contributed by atoms with E-state index in [0.29, 0.717) is 4.87 Å². The second kappa shape index (κ2) is 3.44. The molecule has 0 aromatic heterocycles. The second-order valence-corrected chi connectivity index (χ2v) is 6.13. The monoisotopic (exact) mass is 219 g/mol. The minimum Gasteiger partial charge on any atom is -0.369 e. The Morgan fingerprint density at radius 2 is 2.20 bits per heavy atom. The maximum Gasteiger partial charge on any atom is 0.0906 e. The molecule has 1 aromatic carbocycles. The van der Waals surface area contributed by atoms with Gasteiger partial charge >= 0.3 is 0 Å². The molecule has 0 saturated heterocycles. The topological polar surface area (TPSA) is 12.0 Å². The third kappa shape index (κ3) is 1.46. The Bertz CT molecular complexity index is 350. The molecule has 1 saturated carbocycles. The van der Waals surface area contributed by atoms with Crippen molar-refractivity contribution in [1.82, 2.24) is 0 Å². The number of benzene rings is 1. The van der Waals surface area contributed by atoms with Gasteiger partial charge in [0.15, 0.2) is 0 Å². The van der Waals surface area contributed by atoms with E-state index in [0.717, 1.165) is 5.92 Å². The zero-order chi connectivity index (χ0) is 10.3. The minimum atomic E-state index is 0.307. The van der Waals surface area contributed by atoms with Crippen LogP contribution < -0.4 is 5.32 Å². The first-order chi connectivity index (χ1) is 7.30. The lowest BCUT2D eigenvalue weighted by Gasteiger charge is -2.39. The molecule has 2 aliphatic rings. The number of para-hydroxylation sites is 1. The summed E-state index contributed by atoms with van der Waals surface area (Å²) in [6.07, 6.45) is 5.46. The number of anilines is 1. The third-order valence-electron chi connectivity index (χ3n) is 3.76. The van der Waals surface area contributed by atoms with E-state index >= 15 is 0 Å². The van der Waals surface area contributed by atoms with Gasteiger partial charge < -0.3 is 5.32 Å². The largest absolute Gasteiger partial charge is 0.369 e. The van der Waals surface area contributed by atoms with Crippen LogP contribution in [0.25, 0.3) is 0 Å². The van der Waals surface area contributed by atoms with Crippen molar-refractivity contribution in [3.05, 3.63) is 24.3 Å². The molecule has 0 bridgehead atoms. The molecule has 80 valence electrons. The Hall–Kier alpha value is -0.630. The number of hydrogen-bond donors (Lipinski definition) is 1. The fraction of sp³-hybridized carbons (Fsp3) is 0.538. The molecule has 1 aliphatic heterocycles. The first-order valence-electron chi connectivity index (χ1n) is 5.86. The Morgan fingerprint density at radius 1 is 1.33 bits per heavy atom. The number of fused-ring (bicyclic) bond motifs is 1. The van der Waals surface area contributed by atoms with Crippen LogP contribution >= 0.6 is 11.8 Å². The summed E-state index contributed by atoms with van der Waals surface area (Å²) in [6, 6.07) is 8.71. The van der Waals surface area contributed by atoms with E-state index in [2.05, 4.69) is 48.3 Å². The van der Waals surface area contributed by atoms with Crippen LogP contribution in [-0.4, -0.2) is 4.87 Å². The van der Waals surface area contributed by atoms with Gasteiger partial charge in [0.2, 0.25) is 0 Å². The molecule has 1 heterocycles. The van der Waals surface area contributed by atoms with Crippen LogP contribution in [0.3, 0.4) is 0 Å². The highest BCUT2D eigenvalue weighted by molar-refractivity contribution is 8.01. The van der Waals surface area contributed by atoms with E-state index in [1.807, 2.05) is 0 Å². The molecule has 1 spiro atoms. The molecule has 1 N–H and O–H groups in total. The van der Waals surface area contributed by atoms with Crippen molar-refractivity contribution in [3.8, 4) is 0 Å². The number of thioether (sulfide) groups is 1. The normalized spacial score (nSPS) is 33.8. The summed E-state index contributed by atoms with van der Waals surface area (Å²) >= 11 is 2.06. The molecular formula is C13H17NS. The molecule has 2 heteroatoms. The van der Waals surface area contributed by atoms with E-state index in [1.54, 1.807) is 0 Å². The van der Waals surface area contributed by atoms with Crippen LogP contribution in [0.1, 0.15) is 32.6 Å². The van der Waals surface area contributed by atoms with Crippen LogP contribution in [0.4, 0.5) is 5.69 Å². The SMILES string of the molecule is CC1CCCCC12Nc1ccccc1S2. The molecule has 1 nitrogen and oxygen atoms in total. The molecule has 1 aliphatic carbocycles. The zero-order valence-electron chi connectivity index (χ0n) is 9.12. The first kappa shape index (κ1) is 9.59. The summed E-state index contributed by atoms with van der Waals surface area (Å²) in [5, 5.41) is 3.76. The van der Waals surface area contributed by atoms with Gasteiger partial charge in [0.1, 0.15) is 0 Å². The molecule has 15 heavy (non-hydrogen) atoms. The summed E-state index contributed by atoms with van der Waals surface area (Å²) in [7, 11) is 0. The van der Waals surface area contributed by atoms with Crippen LogP contribution in [0, 0.1) is 5.92 Å². The quantitative estimate of drug-likeness (QED) is 0.704. The van der Waals surface area contributed by atoms with Gasteiger partial charge in [-0.15, -0.1) is 0 Å². The lowest BCUT2D eigenvalue weighted by Crippen LogP contribution is -2.40. The lowest BCUT2D eigenvalue weighted by molar-refractivity contribution is 0.323. The van der Waals surface area contributed by atoms with Gasteiger partial charge in [-0.25, -0.2) is 0 Å². The number of nitrogens with one attached hydrogen (secondary N) is 1. The number of rotatable bonds is 0. The number of hydrogen-bond acceptors (Lipinski definition) is 2. The smallest absolute Gasteiger partial charge is 0.0906 e. The zero-order valence-corrected chi connectivity index (χ0v) is 9.94. The summed E-state index contributed by atoms with van der Waals surface area (Å²) in [5.41, 5.74) is 1.34. The van der Waals surface area contributed by atoms with Crippen LogP contribution in [0.5, 0.6) is 0 Å². The van der Waals surface area contributed by atoms with E-state index in [1.165, 1.54) is 36.3 Å². The van der Waals surface area contributed by atoms with Gasteiger partial charge in [0.05, 0.1) is 4.87 Å². The van der Waals surface area contributed by atoms with Crippen molar-refractivity contribution in [3.63, 3.8) is 0 Å². The predicted octanol–water partition coefficient (Wildman–Crippen LogP) is 4.11. The van der Waals surface area contributed by atoms with Gasteiger partial charge in [-0.05, 0) is 30.9 Å². The van der Waals surface area contributed by atoms with E-state index in [4.69, 9.17) is 0 Å². The first-order valence-corrected chi connectivity index (χ1v) is 6.68. The van der Waals surface area contributed by atoms with Crippen molar-refractivity contribution in [2.45, 2.75) is 42.4 Å². The summed E-state index contributed by atoms with van der Waals surface area (Å²) in [5.74, 6) is 0.781. The molecule has 0 amide bonds. The van der Waals surface area contributed by atoms with E-state index in [-0.39, 0.29) is 0 Å². The highest BCUT2D eigenvalue weighted by Crippen LogP contribution is 2.54. The summed E-state index contributed by atoms with van der Waals surface area (Å²) < 4.78 is 0. The maximum atomic E-state index is 3.76. The Balaban J connectivity index is 1.93. The fourth-order valence-electron chi connectivity index (χ4n) is 2.76. The standard InChI is InChI=1S/C13H17NS/c1-10-6-4-5-9-13(10)14-11-7-2-3-8-12(11)15-13/h2-3,7-8,10,14H,4-6,9H2,1H3. The maximum absolute atomic E-state index is 3.76. The van der Waals surface area contributed by atoms with Crippen molar-refractivity contribution in [1.29, 1.82) is 0 Å². The Morgan fingerprint density at radius 3 is 3.00 bits per heavy atom. The van der Waals surface area contributed by atoms with Gasteiger partial charge in [-0.1, -0.05) is 43.7 Å². The van der Waals surface area contributed by atoms with Gasteiger partial charge in [0, 0.05) is 10.6 Å². The molecule has 1 aromatic rings. The van der Waals surface area contributed by atoms with Crippen molar-refractivity contribution < 1.29 is 0 Å². The van der Waals surface area contributed by atoms with Gasteiger partial charge in [0.25, 0.3) is 0 Å². The van der Waals surface area contributed by atoms with Crippen molar-refractivity contribution >= 4 is 17.4 Å². The molecule has 0 radical (unpaired) electrons. The predicted molar refractivity (Wildman–Crippen MR) is 66.3 cm³/mol. The third-order valence-corrected chi connectivity index (χ3v) is 5.41. The van der Waals surface area contributed by atoms with E-state index < -0.39 is 0 Å². The van der Waals surface area contributed by atoms with E-state index in [9.17, 15) is 0 Å². The van der Waals surface area contributed by atoms with Crippen molar-refractivity contribution in [2.75, 3.05) is 5.32 Å². The molecule has 3 rings (SSSR count). The van der Waals surface area contributed by atoms with Crippen LogP contribution in [0.2, 0.25) is 0 Å². The van der Waals surface area contributed by atoms with Crippen LogP contribution in [-0.2, 0) is 0 Å². The molecule has 1 fully saturated rings. The highest BCUT2D eigenvalue weighted by atomic mass is 32.2. The van der Waals surface area contributed by atoms with Crippen LogP contribution in [0.15, 0.2) is 29.2 Å². The molecule has 2 atom stereocenters. The summed E-state index contributed by atoms with van der Waals surface area (Å²) in [4.78, 5) is 1.74.